The van der Waals surface area contributed by atoms with E-state index in [0.717, 1.165) is 27.8 Å². The van der Waals surface area contributed by atoms with Gasteiger partial charge in [0.25, 0.3) is 10.0 Å². The van der Waals surface area contributed by atoms with Crippen LogP contribution in [0.2, 0.25) is 0 Å². The normalized spacial score (nSPS) is 11.8. The Bertz CT molecular complexity index is 1610. The topological polar surface area (TPSA) is 50.3 Å². The molecular weight excluding hydrogens is 462 g/mol. The number of aryl methyl sites for hydroxylation is 1. The average molecular weight is 481 g/mol. The number of rotatable bonds is 5. The van der Waals surface area contributed by atoms with Crippen LogP contribution in [0.5, 0.6) is 0 Å². The van der Waals surface area contributed by atoms with E-state index >= 15 is 0 Å². The van der Waals surface area contributed by atoms with E-state index < -0.39 is 21.7 Å². The van der Waals surface area contributed by atoms with Crippen molar-refractivity contribution in [2.75, 3.05) is 4.31 Å². The number of sulfonamides is 1. The predicted octanol–water partition coefficient (Wildman–Crippen LogP) is 6.43. The van der Waals surface area contributed by atoms with Crippen molar-refractivity contribution in [1.82, 2.24) is 4.98 Å². The minimum Gasteiger partial charge on any atom is -0.264 e. The van der Waals surface area contributed by atoms with Crippen molar-refractivity contribution in [1.29, 1.82) is 0 Å². The molecule has 8 heteroatoms. The number of halogens is 2. The summed E-state index contributed by atoms with van der Waals surface area (Å²) in [5, 5.41) is 2.72. The second kappa shape index (κ2) is 8.20. The first-order valence-corrected chi connectivity index (χ1v) is 12.4. The fourth-order valence-electron chi connectivity index (χ4n) is 3.91. The van der Waals surface area contributed by atoms with Gasteiger partial charge in [0.1, 0.15) is 5.00 Å². The zero-order valence-electron chi connectivity index (χ0n) is 17.5. The van der Waals surface area contributed by atoms with Crippen LogP contribution in [-0.2, 0) is 16.6 Å². The molecule has 0 unspecified atom stereocenters. The van der Waals surface area contributed by atoms with Crippen molar-refractivity contribution in [3.63, 3.8) is 0 Å². The summed E-state index contributed by atoms with van der Waals surface area (Å²) in [6.45, 7) is 1.73. The van der Waals surface area contributed by atoms with E-state index in [4.69, 9.17) is 0 Å². The van der Waals surface area contributed by atoms with Crippen LogP contribution >= 0.6 is 11.3 Å². The molecule has 0 radical (unpaired) electrons. The summed E-state index contributed by atoms with van der Waals surface area (Å²) in [6, 6.07) is 17.8. The number of benzene rings is 3. The quantitative estimate of drug-likeness (QED) is 0.291. The third-order valence-electron chi connectivity index (χ3n) is 5.56. The second-order valence-electron chi connectivity index (χ2n) is 7.64. The van der Waals surface area contributed by atoms with Gasteiger partial charge in [-0.15, -0.1) is 11.3 Å². The first-order valence-electron chi connectivity index (χ1n) is 10.1. The summed E-state index contributed by atoms with van der Waals surface area (Å²) in [7, 11) is -4.07. The molecule has 5 aromatic rings. The highest BCUT2D eigenvalue weighted by Crippen LogP contribution is 2.41. The van der Waals surface area contributed by atoms with Gasteiger partial charge in [-0.3, -0.25) is 9.29 Å². The SMILES string of the molecule is Cc1c(N(Cc2ccc(F)c(F)c2)S(=O)(=O)c2cccc3cnccc23)sc2ccccc12. The number of aromatic nitrogens is 1. The van der Waals surface area contributed by atoms with E-state index in [9.17, 15) is 17.2 Å². The van der Waals surface area contributed by atoms with Crippen LogP contribution in [-0.4, -0.2) is 13.4 Å². The van der Waals surface area contributed by atoms with Crippen LogP contribution in [0, 0.1) is 18.6 Å². The second-order valence-corrected chi connectivity index (χ2v) is 10.5. The number of hydrogen-bond donors (Lipinski definition) is 0. The van der Waals surface area contributed by atoms with Crippen LogP contribution in [0.1, 0.15) is 11.1 Å². The van der Waals surface area contributed by atoms with Crippen LogP contribution in [0.3, 0.4) is 0 Å². The van der Waals surface area contributed by atoms with Gasteiger partial charge in [0.2, 0.25) is 0 Å². The summed E-state index contributed by atoms with van der Waals surface area (Å²) in [5.74, 6) is -2.00. The maximum Gasteiger partial charge on any atom is 0.265 e. The van der Waals surface area contributed by atoms with Crippen LogP contribution in [0.4, 0.5) is 13.8 Å². The van der Waals surface area contributed by atoms with Crippen molar-refractivity contribution in [2.45, 2.75) is 18.4 Å². The largest absolute Gasteiger partial charge is 0.265 e. The van der Waals surface area contributed by atoms with Crippen molar-refractivity contribution < 1.29 is 17.2 Å². The summed E-state index contributed by atoms with van der Waals surface area (Å²) in [6.07, 6.45) is 3.16. The van der Waals surface area contributed by atoms with Gasteiger partial charge in [-0.2, -0.15) is 0 Å². The third-order valence-corrected chi connectivity index (χ3v) is 8.78. The van der Waals surface area contributed by atoms with E-state index in [1.165, 1.54) is 21.7 Å². The number of pyridine rings is 1. The van der Waals surface area contributed by atoms with Gasteiger partial charge in [0, 0.05) is 27.9 Å². The Morgan fingerprint density at radius 1 is 0.939 bits per heavy atom. The number of nitrogens with zero attached hydrogens (tertiary/aromatic N) is 2. The Morgan fingerprint density at radius 2 is 1.76 bits per heavy atom. The van der Waals surface area contributed by atoms with Gasteiger partial charge in [-0.05, 0) is 53.8 Å². The highest BCUT2D eigenvalue weighted by atomic mass is 32.2. The number of fused-ring (bicyclic) bond motifs is 2. The molecule has 2 heterocycles. The lowest BCUT2D eigenvalue weighted by molar-refractivity contribution is 0.507. The number of anilines is 1. The molecule has 3 aromatic carbocycles. The van der Waals surface area contributed by atoms with E-state index in [1.54, 1.807) is 36.7 Å². The van der Waals surface area contributed by atoms with Crippen molar-refractivity contribution in [3.8, 4) is 0 Å². The lowest BCUT2D eigenvalue weighted by atomic mass is 10.2. The van der Waals surface area contributed by atoms with Crippen LogP contribution in [0.25, 0.3) is 20.9 Å². The summed E-state index contributed by atoms with van der Waals surface area (Å²) in [4.78, 5) is 4.21. The fraction of sp³-hybridized carbons (Fsp3) is 0.0800. The average Bonchev–Trinajstić information content (AvgIpc) is 3.15. The molecule has 0 atom stereocenters. The molecule has 0 N–H and O–H groups in total. The molecule has 0 bridgehead atoms. The molecule has 4 nitrogen and oxygen atoms in total. The molecule has 0 spiro atoms. The highest BCUT2D eigenvalue weighted by Gasteiger charge is 2.30. The molecule has 2 aromatic heterocycles. The van der Waals surface area contributed by atoms with Gasteiger partial charge in [0.05, 0.1) is 11.4 Å². The van der Waals surface area contributed by atoms with Crippen molar-refractivity contribution >= 4 is 47.2 Å². The van der Waals surface area contributed by atoms with Gasteiger partial charge < -0.3 is 0 Å². The molecule has 166 valence electrons. The standard InChI is InChI=1S/C25H18F2N2O2S2/c1-16-19-6-2-3-7-23(19)32-25(16)29(15-17-9-10-21(26)22(27)13-17)33(30,31)24-8-4-5-18-14-28-12-11-20(18)24/h2-14H,15H2,1H3. The first kappa shape index (κ1) is 21.5. The van der Waals surface area contributed by atoms with Gasteiger partial charge >= 0.3 is 0 Å². The molecule has 0 aliphatic rings. The van der Waals surface area contributed by atoms with Gasteiger partial charge in [0.15, 0.2) is 11.6 Å². The molecule has 0 saturated carbocycles. The number of hydrogen-bond acceptors (Lipinski definition) is 4. The zero-order valence-corrected chi connectivity index (χ0v) is 19.1. The lowest BCUT2D eigenvalue weighted by Gasteiger charge is -2.25. The van der Waals surface area contributed by atoms with Crippen LogP contribution in [0.15, 0.2) is 84.0 Å². The minimum atomic E-state index is -4.07. The van der Waals surface area contributed by atoms with Crippen molar-refractivity contribution in [3.05, 3.63) is 102 Å². The predicted molar refractivity (Wildman–Crippen MR) is 128 cm³/mol. The molecule has 5 rings (SSSR count). The van der Waals surface area contributed by atoms with Gasteiger partial charge in [-0.1, -0.05) is 36.4 Å². The summed E-state index contributed by atoms with van der Waals surface area (Å²) < 4.78 is 57.9. The summed E-state index contributed by atoms with van der Waals surface area (Å²) in [5.41, 5.74) is 1.15. The van der Waals surface area contributed by atoms with Gasteiger partial charge in [-0.25, -0.2) is 17.2 Å². The third kappa shape index (κ3) is 3.75. The van der Waals surface area contributed by atoms with E-state index in [1.807, 2.05) is 31.2 Å². The monoisotopic (exact) mass is 480 g/mol. The molecule has 0 saturated heterocycles. The zero-order chi connectivity index (χ0) is 23.2. The number of thiophene rings is 1. The fourth-order valence-corrected chi connectivity index (χ4v) is 7.05. The van der Waals surface area contributed by atoms with Crippen LogP contribution < -0.4 is 4.31 Å². The summed E-state index contributed by atoms with van der Waals surface area (Å²) >= 11 is 1.35. The maximum atomic E-state index is 14.1. The smallest absolute Gasteiger partial charge is 0.264 e. The molecular formula is C25H18F2N2O2S2. The lowest BCUT2D eigenvalue weighted by Crippen LogP contribution is -2.30. The highest BCUT2D eigenvalue weighted by molar-refractivity contribution is 7.93. The van der Waals surface area contributed by atoms with Crippen molar-refractivity contribution in [2.24, 2.45) is 0 Å². The molecule has 0 amide bonds. The van der Waals surface area contributed by atoms with E-state index in [-0.39, 0.29) is 11.4 Å². The Balaban J connectivity index is 1.73. The Kier molecular flexibility index (Phi) is 5.34. The Morgan fingerprint density at radius 3 is 2.55 bits per heavy atom. The molecule has 33 heavy (non-hydrogen) atoms. The Labute approximate surface area is 193 Å². The molecule has 0 fully saturated rings. The van der Waals surface area contributed by atoms with E-state index in [0.29, 0.717) is 21.3 Å². The maximum absolute atomic E-state index is 14.1. The minimum absolute atomic E-state index is 0.127. The Hall–Kier alpha value is -3.36. The molecule has 0 aliphatic carbocycles. The van der Waals surface area contributed by atoms with E-state index in [2.05, 4.69) is 4.98 Å². The first-order chi connectivity index (χ1) is 15.9. The molecule has 0 aliphatic heterocycles.